The molecular weight excluding hydrogens is 350 g/mol. The number of anilines is 1. The summed E-state index contributed by atoms with van der Waals surface area (Å²) in [5.41, 5.74) is 0.649. The minimum absolute atomic E-state index is 0.0705. The molecule has 3 heterocycles. The highest BCUT2D eigenvalue weighted by molar-refractivity contribution is 5.97. The van der Waals surface area contributed by atoms with Gasteiger partial charge in [-0.15, -0.1) is 0 Å². The molecule has 1 amide bonds. The minimum Gasteiger partial charge on any atom is -0.493 e. The lowest BCUT2D eigenvalue weighted by Crippen LogP contribution is -2.64. The quantitative estimate of drug-likeness (QED) is 0.817. The van der Waals surface area contributed by atoms with E-state index in [1.165, 1.54) is 6.33 Å². The highest BCUT2D eigenvalue weighted by atomic mass is 16.5. The molecule has 2 saturated heterocycles. The summed E-state index contributed by atoms with van der Waals surface area (Å²) in [6.07, 6.45) is 1.51. The molecule has 9 nitrogen and oxygen atoms in total. The van der Waals surface area contributed by atoms with Crippen molar-refractivity contribution in [1.29, 1.82) is 0 Å². The van der Waals surface area contributed by atoms with Gasteiger partial charge in [-0.3, -0.25) is 9.69 Å². The fourth-order valence-electron chi connectivity index (χ4n) is 3.87. The number of carbonyl (C=O) groups is 1. The van der Waals surface area contributed by atoms with Gasteiger partial charge in [0.05, 0.1) is 26.7 Å². The SMILES string of the molecule is COc1cc2c(N3CCN4CCNC(=O)C4C3)ncnc2c(OC)c1OC. The Balaban J connectivity index is 1.79. The van der Waals surface area contributed by atoms with Gasteiger partial charge in [0.1, 0.15) is 23.7 Å². The first kappa shape index (κ1) is 17.6. The van der Waals surface area contributed by atoms with E-state index in [4.69, 9.17) is 14.2 Å². The highest BCUT2D eigenvalue weighted by Crippen LogP contribution is 2.44. The monoisotopic (exact) mass is 373 g/mol. The van der Waals surface area contributed by atoms with Crippen molar-refractivity contribution in [3.8, 4) is 17.2 Å². The predicted octanol–water partition coefficient (Wildman–Crippen LogP) is 0.276. The topological polar surface area (TPSA) is 89.1 Å². The third kappa shape index (κ3) is 2.87. The van der Waals surface area contributed by atoms with Gasteiger partial charge < -0.3 is 24.4 Å². The summed E-state index contributed by atoms with van der Waals surface area (Å²) in [6, 6.07) is 1.69. The van der Waals surface area contributed by atoms with Crippen LogP contribution in [0.4, 0.5) is 5.82 Å². The standard InChI is InChI=1S/C18H23N5O4/c1-25-13-8-11-14(16(27-3)15(13)26-2)20-10-21-17(11)23-7-6-22-5-4-19-18(24)12(22)9-23/h8,10,12H,4-7,9H2,1-3H3,(H,19,24). The van der Waals surface area contributed by atoms with E-state index in [0.29, 0.717) is 35.9 Å². The van der Waals surface area contributed by atoms with E-state index < -0.39 is 0 Å². The molecule has 9 heteroatoms. The Bertz CT molecular complexity index is 874. The molecule has 144 valence electrons. The van der Waals surface area contributed by atoms with Crippen LogP contribution >= 0.6 is 0 Å². The number of methoxy groups -OCH3 is 3. The van der Waals surface area contributed by atoms with Gasteiger partial charge in [0.15, 0.2) is 11.5 Å². The third-order valence-electron chi connectivity index (χ3n) is 5.20. The molecule has 0 saturated carbocycles. The van der Waals surface area contributed by atoms with Gasteiger partial charge in [0.25, 0.3) is 0 Å². The van der Waals surface area contributed by atoms with Gasteiger partial charge in [-0.05, 0) is 6.07 Å². The average Bonchev–Trinajstić information content (AvgIpc) is 2.71. The van der Waals surface area contributed by atoms with Crippen molar-refractivity contribution in [1.82, 2.24) is 20.2 Å². The molecule has 0 bridgehead atoms. The number of piperazine rings is 2. The normalized spacial score (nSPS) is 20.2. The van der Waals surface area contributed by atoms with E-state index in [1.54, 1.807) is 21.3 Å². The second-order valence-corrected chi connectivity index (χ2v) is 6.53. The summed E-state index contributed by atoms with van der Waals surface area (Å²) in [4.78, 5) is 25.5. The molecular formula is C18H23N5O4. The maximum Gasteiger partial charge on any atom is 0.239 e. The van der Waals surface area contributed by atoms with E-state index in [1.807, 2.05) is 6.07 Å². The number of carbonyl (C=O) groups excluding carboxylic acids is 1. The lowest BCUT2D eigenvalue weighted by Gasteiger charge is -2.43. The van der Waals surface area contributed by atoms with E-state index in [0.717, 1.165) is 30.8 Å². The van der Waals surface area contributed by atoms with Crippen molar-refractivity contribution in [2.24, 2.45) is 0 Å². The van der Waals surface area contributed by atoms with E-state index >= 15 is 0 Å². The second-order valence-electron chi connectivity index (χ2n) is 6.53. The molecule has 0 spiro atoms. The number of rotatable bonds is 4. The van der Waals surface area contributed by atoms with Crippen molar-refractivity contribution >= 4 is 22.6 Å². The second kappa shape index (κ2) is 7.07. The van der Waals surface area contributed by atoms with Crippen LogP contribution in [-0.2, 0) is 4.79 Å². The van der Waals surface area contributed by atoms with Gasteiger partial charge >= 0.3 is 0 Å². The molecule has 27 heavy (non-hydrogen) atoms. The van der Waals surface area contributed by atoms with Crippen molar-refractivity contribution in [2.75, 3.05) is 59.0 Å². The van der Waals surface area contributed by atoms with Crippen LogP contribution in [0, 0.1) is 0 Å². The molecule has 1 aromatic carbocycles. The van der Waals surface area contributed by atoms with Crippen molar-refractivity contribution in [3.63, 3.8) is 0 Å². The molecule has 2 fully saturated rings. The number of nitrogens with one attached hydrogen (secondary N) is 1. The Morgan fingerprint density at radius 3 is 2.63 bits per heavy atom. The average molecular weight is 373 g/mol. The maximum atomic E-state index is 12.3. The molecule has 2 aliphatic rings. The van der Waals surface area contributed by atoms with Gasteiger partial charge in [0, 0.05) is 32.7 Å². The number of nitrogens with zero attached hydrogens (tertiary/aromatic N) is 4. The van der Waals surface area contributed by atoms with E-state index in [-0.39, 0.29) is 11.9 Å². The Hall–Kier alpha value is -2.81. The summed E-state index contributed by atoms with van der Waals surface area (Å²) >= 11 is 0. The van der Waals surface area contributed by atoms with Crippen LogP contribution in [0.2, 0.25) is 0 Å². The number of benzene rings is 1. The van der Waals surface area contributed by atoms with Crippen molar-refractivity contribution in [3.05, 3.63) is 12.4 Å². The molecule has 2 aromatic rings. The van der Waals surface area contributed by atoms with Crippen LogP contribution in [0.15, 0.2) is 12.4 Å². The zero-order chi connectivity index (χ0) is 19.0. The van der Waals surface area contributed by atoms with Gasteiger partial charge in [-0.2, -0.15) is 0 Å². The fraction of sp³-hybridized carbons (Fsp3) is 0.500. The first-order chi connectivity index (χ1) is 13.2. The predicted molar refractivity (Wildman–Crippen MR) is 99.8 cm³/mol. The fourth-order valence-corrected chi connectivity index (χ4v) is 3.87. The first-order valence-electron chi connectivity index (χ1n) is 8.88. The molecule has 2 aliphatic heterocycles. The molecule has 0 aliphatic carbocycles. The number of hydrogen-bond acceptors (Lipinski definition) is 8. The van der Waals surface area contributed by atoms with Crippen LogP contribution in [0.1, 0.15) is 0 Å². The first-order valence-corrected chi connectivity index (χ1v) is 8.88. The largest absolute Gasteiger partial charge is 0.493 e. The number of fused-ring (bicyclic) bond motifs is 2. The van der Waals surface area contributed by atoms with Crippen LogP contribution in [0.5, 0.6) is 17.2 Å². The molecule has 4 rings (SSSR count). The van der Waals surface area contributed by atoms with Crippen molar-refractivity contribution < 1.29 is 19.0 Å². The summed E-state index contributed by atoms with van der Waals surface area (Å²) in [5, 5.41) is 3.75. The summed E-state index contributed by atoms with van der Waals surface area (Å²) in [7, 11) is 4.72. The molecule has 0 radical (unpaired) electrons. The van der Waals surface area contributed by atoms with Gasteiger partial charge in [0.2, 0.25) is 11.7 Å². The Morgan fingerprint density at radius 2 is 1.89 bits per heavy atom. The number of amides is 1. The Labute approximate surface area is 157 Å². The molecule has 1 unspecified atom stereocenters. The maximum absolute atomic E-state index is 12.3. The van der Waals surface area contributed by atoms with E-state index in [9.17, 15) is 4.79 Å². The van der Waals surface area contributed by atoms with Crippen molar-refractivity contribution in [2.45, 2.75) is 6.04 Å². The lowest BCUT2D eigenvalue weighted by molar-refractivity contribution is -0.129. The zero-order valence-electron chi connectivity index (χ0n) is 15.7. The highest BCUT2D eigenvalue weighted by Gasteiger charge is 2.36. The summed E-state index contributed by atoms with van der Waals surface area (Å²) < 4.78 is 16.5. The van der Waals surface area contributed by atoms with Gasteiger partial charge in [-0.1, -0.05) is 0 Å². The van der Waals surface area contributed by atoms with Crippen LogP contribution in [-0.4, -0.2) is 80.9 Å². The van der Waals surface area contributed by atoms with Crippen LogP contribution in [0.3, 0.4) is 0 Å². The van der Waals surface area contributed by atoms with Gasteiger partial charge in [-0.25, -0.2) is 9.97 Å². The summed E-state index contributed by atoms with van der Waals surface area (Å²) in [6.45, 7) is 3.77. The molecule has 1 aromatic heterocycles. The zero-order valence-corrected chi connectivity index (χ0v) is 15.7. The third-order valence-corrected chi connectivity index (χ3v) is 5.20. The van der Waals surface area contributed by atoms with Crippen LogP contribution < -0.4 is 24.4 Å². The Morgan fingerprint density at radius 1 is 1.07 bits per heavy atom. The number of hydrogen-bond donors (Lipinski definition) is 1. The van der Waals surface area contributed by atoms with E-state index in [2.05, 4.69) is 25.1 Å². The number of ether oxygens (including phenoxy) is 3. The number of aromatic nitrogens is 2. The lowest BCUT2D eigenvalue weighted by atomic mass is 10.1. The Kier molecular flexibility index (Phi) is 4.61. The smallest absolute Gasteiger partial charge is 0.239 e. The molecule has 1 atom stereocenters. The minimum atomic E-state index is -0.167. The summed E-state index contributed by atoms with van der Waals surface area (Å²) in [5.74, 6) is 2.38. The molecule has 1 N–H and O–H groups in total. The van der Waals surface area contributed by atoms with Crippen LogP contribution in [0.25, 0.3) is 10.9 Å².